The summed E-state index contributed by atoms with van der Waals surface area (Å²) >= 11 is 0. The molecule has 3 rings (SSSR count). The molecule has 3 aromatic rings. The number of amides is 1. The first-order chi connectivity index (χ1) is 15.2. The second kappa shape index (κ2) is 9.97. The molecule has 0 fully saturated rings. The van der Waals surface area contributed by atoms with Crippen LogP contribution in [0.1, 0.15) is 22.3 Å². The minimum Gasteiger partial charge on any atom is -0.352 e. The highest BCUT2D eigenvalue weighted by atomic mass is 32.2. The fourth-order valence-corrected chi connectivity index (χ4v) is 5.39. The fraction of sp³-hybridized carbons (Fsp3) is 0.174. The summed E-state index contributed by atoms with van der Waals surface area (Å²) in [5.41, 5.74) is 1.59. The number of carbonyl (C=O) groups excluding carboxylic acids is 1. The molecule has 0 bridgehead atoms. The van der Waals surface area contributed by atoms with Gasteiger partial charge in [-0.25, -0.2) is 16.8 Å². The number of sulfone groups is 1. The van der Waals surface area contributed by atoms with Crippen molar-refractivity contribution in [2.45, 2.75) is 23.1 Å². The fourth-order valence-electron chi connectivity index (χ4n) is 2.95. The molecule has 0 saturated carbocycles. The number of aryl methyl sites for hydroxylation is 1. The van der Waals surface area contributed by atoms with Gasteiger partial charge in [-0.15, -0.1) is 0 Å². The maximum absolute atomic E-state index is 12.7. The van der Waals surface area contributed by atoms with Crippen LogP contribution in [0.25, 0.3) is 0 Å². The van der Waals surface area contributed by atoms with Crippen molar-refractivity contribution < 1.29 is 21.6 Å². The molecule has 168 valence electrons. The van der Waals surface area contributed by atoms with Crippen molar-refractivity contribution in [1.29, 1.82) is 0 Å². The summed E-state index contributed by atoms with van der Waals surface area (Å²) in [6.45, 7) is 2.04. The molecule has 0 radical (unpaired) electrons. The lowest BCUT2D eigenvalue weighted by Crippen LogP contribution is -2.26. The zero-order valence-electron chi connectivity index (χ0n) is 17.5. The number of hydrogen-bond donors (Lipinski definition) is 2. The van der Waals surface area contributed by atoms with E-state index in [1.807, 2.05) is 6.92 Å². The first-order valence-corrected chi connectivity index (χ1v) is 13.1. The van der Waals surface area contributed by atoms with Gasteiger partial charge in [0.25, 0.3) is 15.9 Å². The van der Waals surface area contributed by atoms with Gasteiger partial charge in [-0.1, -0.05) is 42.0 Å². The zero-order chi connectivity index (χ0) is 23.2. The normalized spacial score (nSPS) is 11.7. The third-order valence-corrected chi connectivity index (χ3v) is 7.88. The van der Waals surface area contributed by atoms with Crippen LogP contribution in [0.2, 0.25) is 0 Å². The third-order valence-electron chi connectivity index (χ3n) is 4.69. The van der Waals surface area contributed by atoms with E-state index in [0.29, 0.717) is 5.69 Å². The van der Waals surface area contributed by atoms with Crippen LogP contribution in [0.5, 0.6) is 0 Å². The monoisotopic (exact) mass is 472 g/mol. The molecule has 7 nitrogen and oxygen atoms in total. The lowest BCUT2D eigenvalue weighted by atomic mass is 10.2. The molecule has 0 aliphatic rings. The number of carbonyl (C=O) groups is 1. The lowest BCUT2D eigenvalue weighted by molar-refractivity contribution is 0.0953. The topological polar surface area (TPSA) is 109 Å². The van der Waals surface area contributed by atoms with Crippen molar-refractivity contribution in [3.05, 3.63) is 90.0 Å². The molecule has 0 atom stereocenters. The minimum atomic E-state index is -3.87. The molecule has 0 heterocycles. The van der Waals surface area contributed by atoms with Crippen molar-refractivity contribution in [3.63, 3.8) is 0 Å². The second-order valence-corrected chi connectivity index (χ2v) is 11.0. The Bertz CT molecular complexity index is 1290. The van der Waals surface area contributed by atoms with Gasteiger partial charge in [0.1, 0.15) is 0 Å². The van der Waals surface area contributed by atoms with E-state index in [4.69, 9.17) is 0 Å². The van der Waals surface area contributed by atoms with Gasteiger partial charge in [0, 0.05) is 17.8 Å². The Morgan fingerprint density at radius 1 is 0.812 bits per heavy atom. The molecule has 9 heteroatoms. The molecule has 1 amide bonds. The first-order valence-electron chi connectivity index (χ1n) is 9.93. The number of rotatable bonds is 9. The predicted octanol–water partition coefficient (Wildman–Crippen LogP) is 3.39. The van der Waals surface area contributed by atoms with Crippen LogP contribution < -0.4 is 10.0 Å². The van der Waals surface area contributed by atoms with Crippen molar-refractivity contribution >= 4 is 31.5 Å². The molecule has 0 unspecified atom stereocenters. The summed E-state index contributed by atoms with van der Waals surface area (Å²) in [5.74, 6) is -0.582. The quantitative estimate of drug-likeness (QED) is 0.464. The van der Waals surface area contributed by atoms with Gasteiger partial charge in [0.05, 0.1) is 15.5 Å². The standard InChI is InChI=1S/C23H24N2O5S2/c1-18-11-13-20(14-12-18)25-32(29,30)22-10-5-7-19(17-22)23(26)24-15-6-16-31(27,28)21-8-3-2-4-9-21/h2-5,7-14,17,25H,6,15-16H2,1H3,(H,24,26). The Labute approximate surface area is 188 Å². The molecule has 32 heavy (non-hydrogen) atoms. The van der Waals surface area contributed by atoms with Crippen LogP contribution in [0.15, 0.2) is 88.7 Å². The van der Waals surface area contributed by atoms with Crippen LogP contribution in [-0.4, -0.2) is 35.0 Å². The van der Waals surface area contributed by atoms with E-state index < -0.39 is 25.8 Å². The van der Waals surface area contributed by atoms with Crippen molar-refractivity contribution in [2.24, 2.45) is 0 Å². The average Bonchev–Trinajstić information content (AvgIpc) is 2.79. The Balaban J connectivity index is 1.59. The van der Waals surface area contributed by atoms with Crippen molar-refractivity contribution in [2.75, 3.05) is 17.0 Å². The summed E-state index contributed by atoms with van der Waals surface area (Å²) in [7, 11) is -7.29. The number of benzene rings is 3. The molecule has 0 saturated heterocycles. The predicted molar refractivity (Wildman–Crippen MR) is 124 cm³/mol. The highest BCUT2D eigenvalue weighted by Crippen LogP contribution is 2.18. The number of hydrogen-bond acceptors (Lipinski definition) is 5. The summed E-state index contributed by atoms with van der Waals surface area (Å²) in [6, 6.07) is 20.7. The van der Waals surface area contributed by atoms with E-state index >= 15 is 0 Å². The van der Waals surface area contributed by atoms with Crippen molar-refractivity contribution in [1.82, 2.24) is 5.32 Å². The maximum Gasteiger partial charge on any atom is 0.261 e. The molecule has 3 aromatic carbocycles. The third kappa shape index (κ3) is 6.18. The molecular weight excluding hydrogens is 448 g/mol. The van der Waals surface area contributed by atoms with E-state index in [1.165, 1.54) is 36.4 Å². The number of sulfonamides is 1. The minimum absolute atomic E-state index is 0.0441. The zero-order valence-corrected chi connectivity index (χ0v) is 19.1. The first kappa shape index (κ1) is 23.5. The Kier molecular flexibility index (Phi) is 7.32. The summed E-state index contributed by atoms with van der Waals surface area (Å²) in [5, 5.41) is 2.64. The molecule has 0 spiro atoms. The molecule has 0 aromatic heterocycles. The lowest BCUT2D eigenvalue weighted by Gasteiger charge is -2.10. The van der Waals surface area contributed by atoms with Gasteiger partial charge in [0.2, 0.25) is 0 Å². The highest BCUT2D eigenvalue weighted by molar-refractivity contribution is 7.92. The largest absolute Gasteiger partial charge is 0.352 e. The second-order valence-electron chi connectivity index (χ2n) is 7.24. The van der Waals surface area contributed by atoms with Crippen molar-refractivity contribution in [3.8, 4) is 0 Å². The van der Waals surface area contributed by atoms with Gasteiger partial charge in [0.15, 0.2) is 9.84 Å². The van der Waals surface area contributed by atoms with E-state index in [-0.39, 0.29) is 34.1 Å². The number of anilines is 1. The van der Waals surface area contributed by atoms with Gasteiger partial charge in [-0.2, -0.15) is 0 Å². The van der Waals surface area contributed by atoms with Gasteiger partial charge < -0.3 is 5.32 Å². The van der Waals surface area contributed by atoms with Gasteiger partial charge in [-0.3, -0.25) is 9.52 Å². The van der Waals surface area contributed by atoms with E-state index in [2.05, 4.69) is 10.0 Å². The highest BCUT2D eigenvalue weighted by Gasteiger charge is 2.17. The molecule has 0 aliphatic heterocycles. The summed E-state index contributed by atoms with van der Waals surface area (Å²) in [6.07, 6.45) is 0.232. The van der Waals surface area contributed by atoms with Crippen LogP contribution in [0, 0.1) is 6.92 Å². The number of nitrogens with one attached hydrogen (secondary N) is 2. The average molecular weight is 473 g/mol. The Hall–Kier alpha value is -3.17. The van der Waals surface area contributed by atoms with E-state index in [9.17, 15) is 21.6 Å². The maximum atomic E-state index is 12.7. The van der Waals surface area contributed by atoms with E-state index in [1.54, 1.807) is 42.5 Å². The van der Waals surface area contributed by atoms with Crippen LogP contribution in [-0.2, 0) is 19.9 Å². The summed E-state index contributed by atoms with van der Waals surface area (Å²) < 4.78 is 52.4. The Morgan fingerprint density at radius 2 is 1.47 bits per heavy atom. The molecular formula is C23H24N2O5S2. The molecule has 0 aliphatic carbocycles. The summed E-state index contributed by atoms with van der Waals surface area (Å²) in [4.78, 5) is 12.6. The SMILES string of the molecule is Cc1ccc(NS(=O)(=O)c2cccc(C(=O)NCCCS(=O)(=O)c3ccccc3)c2)cc1. The molecule has 2 N–H and O–H groups in total. The van der Waals surface area contributed by atoms with E-state index in [0.717, 1.165) is 5.56 Å². The van der Waals surface area contributed by atoms with Crippen LogP contribution >= 0.6 is 0 Å². The van der Waals surface area contributed by atoms with Gasteiger partial charge >= 0.3 is 0 Å². The van der Waals surface area contributed by atoms with Gasteiger partial charge in [-0.05, 0) is 55.8 Å². The van der Waals surface area contributed by atoms with Crippen LogP contribution in [0.3, 0.4) is 0 Å². The Morgan fingerprint density at radius 3 is 2.16 bits per heavy atom. The van der Waals surface area contributed by atoms with Crippen LogP contribution in [0.4, 0.5) is 5.69 Å². The smallest absolute Gasteiger partial charge is 0.261 e.